The molecule has 1 aliphatic rings. The van der Waals surface area contributed by atoms with Crippen molar-refractivity contribution in [2.45, 2.75) is 26.8 Å². The summed E-state index contributed by atoms with van der Waals surface area (Å²) in [4.78, 5) is 32.9. The van der Waals surface area contributed by atoms with Crippen LogP contribution in [0.3, 0.4) is 0 Å². The standard InChI is InChI=1S/C28H24N2O4S/c1-4-34-19-12-13-21-22(15-19)35-28(29-21)30-24(18-8-6-5-7-9-18)23(26(32)27(30)33)25(31)20-14-16(2)10-11-17(20)3/h5-15,24,31H,4H2,1-3H3/b25-23+. The highest BCUT2D eigenvalue weighted by atomic mass is 32.1. The van der Waals surface area contributed by atoms with E-state index in [9.17, 15) is 14.7 Å². The SMILES string of the molecule is CCOc1ccc2nc(N3C(=O)C(=O)/C(=C(/O)c4cc(C)ccc4C)C3c3ccccc3)sc2c1. The van der Waals surface area contributed by atoms with Crippen LogP contribution in [-0.4, -0.2) is 28.4 Å². The van der Waals surface area contributed by atoms with E-state index in [4.69, 9.17) is 4.74 Å². The molecule has 1 atom stereocenters. The molecular formula is C28H24N2O4S. The molecule has 0 aliphatic carbocycles. The number of aliphatic hydroxyl groups is 1. The first kappa shape index (κ1) is 22.8. The number of nitrogens with zero attached hydrogens (tertiary/aromatic N) is 2. The smallest absolute Gasteiger partial charge is 0.301 e. The number of benzene rings is 3. The lowest BCUT2D eigenvalue weighted by molar-refractivity contribution is -0.132. The molecule has 0 spiro atoms. The number of rotatable bonds is 5. The van der Waals surface area contributed by atoms with Gasteiger partial charge in [0.25, 0.3) is 5.78 Å². The summed E-state index contributed by atoms with van der Waals surface area (Å²) in [5.74, 6) is -0.909. The number of aromatic nitrogens is 1. The normalized spacial score (nSPS) is 17.3. The van der Waals surface area contributed by atoms with Crippen molar-refractivity contribution in [1.82, 2.24) is 4.98 Å². The molecule has 0 saturated carbocycles. The molecule has 1 aliphatic heterocycles. The number of carbonyl (C=O) groups is 2. The molecule has 1 aromatic heterocycles. The van der Waals surface area contributed by atoms with Crippen molar-refractivity contribution in [1.29, 1.82) is 0 Å². The number of ether oxygens (including phenoxy) is 1. The minimum Gasteiger partial charge on any atom is -0.507 e. The second-order valence-corrected chi connectivity index (χ2v) is 9.47. The third-order valence-corrected chi connectivity index (χ3v) is 7.09. The van der Waals surface area contributed by atoms with Gasteiger partial charge < -0.3 is 9.84 Å². The van der Waals surface area contributed by atoms with Crippen LogP contribution < -0.4 is 9.64 Å². The number of amides is 1. The van der Waals surface area contributed by atoms with E-state index in [2.05, 4.69) is 4.98 Å². The Balaban J connectivity index is 1.71. The molecule has 3 aromatic carbocycles. The van der Waals surface area contributed by atoms with Crippen LogP contribution in [0.15, 0.2) is 72.3 Å². The number of anilines is 1. The summed E-state index contributed by atoms with van der Waals surface area (Å²) in [6.07, 6.45) is 0. The van der Waals surface area contributed by atoms with Crippen LogP contribution in [0.2, 0.25) is 0 Å². The molecule has 176 valence electrons. The van der Waals surface area contributed by atoms with Crippen molar-refractivity contribution >= 4 is 44.1 Å². The molecule has 6 nitrogen and oxygen atoms in total. The molecular weight excluding hydrogens is 460 g/mol. The molecule has 7 heteroatoms. The Morgan fingerprint density at radius 2 is 1.83 bits per heavy atom. The molecule has 1 unspecified atom stereocenters. The van der Waals surface area contributed by atoms with Crippen molar-refractivity contribution in [3.63, 3.8) is 0 Å². The van der Waals surface area contributed by atoms with Crippen molar-refractivity contribution in [2.75, 3.05) is 11.5 Å². The quantitative estimate of drug-likeness (QED) is 0.215. The lowest BCUT2D eigenvalue weighted by atomic mass is 9.93. The van der Waals surface area contributed by atoms with E-state index in [1.165, 1.54) is 16.2 Å². The molecule has 0 bridgehead atoms. The van der Waals surface area contributed by atoms with Crippen LogP contribution in [0.1, 0.15) is 35.2 Å². The predicted octanol–water partition coefficient (Wildman–Crippen LogP) is 5.94. The highest BCUT2D eigenvalue weighted by Gasteiger charge is 2.48. The number of carbonyl (C=O) groups excluding carboxylic acids is 2. The van der Waals surface area contributed by atoms with Crippen molar-refractivity contribution in [3.05, 3.63) is 94.6 Å². The van der Waals surface area contributed by atoms with Crippen LogP contribution in [-0.2, 0) is 9.59 Å². The van der Waals surface area contributed by atoms with E-state index < -0.39 is 17.7 Å². The fourth-order valence-corrected chi connectivity index (χ4v) is 5.39. The molecule has 0 radical (unpaired) electrons. The fourth-order valence-electron chi connectivity index (χ4n) is 4.37. The van der Waals surface area contributed by atoms with Gasteiger partial charge in [0.1, 0.15) is 11.5 Å². The van der Waals surface area contributed by atoms with Gasteiger partial charge in [-0.1, -0.05) is 59.4 Å². The summed E-state index contributed by atoms with van der Waals surface area (Å²) in [7, 11) is 0. The Morgan fingerprint density at radius 1 is 1.06 bits per heavy atom. The fraction of sp³-hybridized carbons (Fsp3) is 0.179. The summed E-state index contributed by atoms with van der Waals surface area (Å²) in [6.45, 7) is 6.24. The van der Waals surface area contributed by atoms with E-state index >= 15 is 0 Å². The van der Waals surface area contributed by atoms with Gasteiger partial charge >= 0.3 is 5.91 Å². The van der Waals surface area contributed by atoms with Crippen molar-refractivity contribution < 1.29 is 19.4 Å². The third-order valence-electron chi connectivity index (χ3n) is 6.07. The maximum atomic E-state index is 13.4. The molecule has 5 rings (SSSR count). The monoisotopic (exact) mass is 484 g/mol. The number of thiazole rings is 1. The van der Waals surface area contributed by atoms with Crippen LogP contribution in [0.25, 0.3) is 16.0 Å². The summed E-state index contributed by atoms with van der Waals surface area (Å²) in [6, 6.07) is 19.7. The molecule has 35 heavy (non-hydrogen) atoms. The van der Waals surface area contributed by atoms with Crippen molar-refractivity contribution in [3.8, 4) is 5.75 Å². The van der Waals surface area contributed by atoms with Crippen LogP contribution in [0.5, 0.6) is 5.75 Å². The average Bonchev–Trinajstić information content (AvgIpc) is 3.39. The highest BCUT2D eigenvalue weighted by Crippen LogP contribution is 2.44. The number of hydrogen-bond acceptors (Lipinski definition) is 6. The Hall–Kier alpha value is -3.97. The summed E-state index contributed by atoms with van der Waals surface area (Å²) < 4.78 is 6.44. The van der Waals surface area contributed by atoms with Gasteiger partial charge in [-0.15, -0.1) is 0 Å². The maximum Gasteiger partial charge on any atom is 0.301 e. The van der Waals surface area contributed by atoms with Gasteiger partial charge in [0.2, 0.25) is 0 Å². The third kappa shape index (κ3) is 3.98. The minimum atomic E-state index is -0.803. The lowest BCUT2D eigenvalue weighted by Gasteiger charge is -2.23. The summed E-state index contributed by atoms with van der Waals surface area (Å²) in [5, 5.41) is 11.8. The van der Waals surface area contributed by atoms with Gasteiger partial charge in [-0.05, 0) is 56.2 Å². The predicted molar refractivity (Wildman–Crippen MR) is 138 cm³/mol. The number of aryl methyl sites for hydroxylation is 2. The van der Waals surface area contributed by atoms with E-state index in [1.807, 2.05) is 87.5 Å². The zero-order valence-electron chi connectivity index (χ0n) is 19.6. The number of Topliss-reactive ketones (excluding diaryl/α,β-unsaturated/α-hetero) is 1. The zero-order valence-corrected chi connectivity index (χ0v) is 20.4. The van der Waals surface area contributed by atoms with Gasteiger partial charge in [-0.3, -0.25) is 14.5 Å². The first-order valence-electron chi connectivity index (χ1n) is 11.4. The van der Waals surface area contributed by atoms with Crippen LogP contribution in [0, 0.1) is 13.8 Å². The Morgan fingerprint density at radius 3 is 2.57 bits per heavy atom. The Kier molecular flexibility index (Phi) is 5.86. The van der Waals surface area contributed by atoms with Gasteiger partial charge in [-0.2, -0.15) is 0 Å². The average molecular weight is 485 g/mol. The molecule has 1 saturated heterocycles. The van der Waals surface area contributed by atoms with Gasteiger partial charge in [0, 0.05) is 5.56 Å². The molecule has 4 aromatic rings. The summed E-state index contributed by atoms with van der Waals surface area (Å²) >= 11 is 1.31. The van der Waals surface area contributed by atoms with E-state index in [-0.39, 0.29) is 11.3 Å². The molecule has 1 fully saturated rings. The van der Waals surface area contributed by atoms with Gasteiger partial charge in [-0.25, -0.2) is 4.98 Å². The van der Waals surface area contributed by atoms with Gasteiger partial charge in [0.05, 0.1) is 28.4 Å². The first-order chi connectivity index (χ1) is 16.9. The summed E-state index contributed by atoms with van der Waals surface area (Å²) in [5.41, 5.74) is 3.77. The topological polar surface area (TPSA) is 79.7 Å². The maximum absolute atomic E-state index is 13.4. The highest BCUT2D eigenvalue weighted by molar-refractivity contribution is 7.22. The Bertz CT molecular complexity index is 1490. The Labute approximate surface area is 207 Å². The zero-order chi connectivity index (χ0) is 24.7. The van der Waals surface area contributed by atoms with E-state index in [1.54, 1.807) is 0 Å². The number of aliphatic hydroxyl groups excluding tert-OH is 1. The minimum absolute atomic E-state index is 0.0594. The van der Waals surface area contributed by atoms with Gasteiger partial charge in [0.15, 0.2) is 5.13 Å². The lowest BCUT2D eigenvalue weighted by Crippen LogP contribution is -2.29. The molecule has 2 heterocycles. The van der Waals surface area contributed by atoms with Crippen LogP contribution in [0.4, 0.5) is 5.13 Å². The second kappa shape index (κ2) is 9.00. The van der Waals surface area contributed by atoms with E-state index in [0.717, 1.165) is 15.8 Å². The molecule has 1 N–H and O–H groups in total. The first-order valence-corrected chi connectivity index (χ1v) is 12.2. The van der Waals surface area contributed by atoms with Crippen molar-refractivity contribution in [2.24, 2.45) is 0 Å². The largest absolute Gasteiger partial charge is 0.507 e. The number of ketones is 1. The molecule has 1 amide bonds. The van der Waals surface area contributed by atoms with E-state index in [0.29, 0.717) is 34.1 Å². The number of fused-ring (bicyclic) bond motifs is 1. The van der Waals surface area contributed by atoms with Crippen LogP contribution >= 0.6 is 11.3 Å². The number of hydrogen-bond donors (Lipinski definition) is 1. The second-order valence-electron chi connectivity index (χ2n) is 8.46.